The maximum absolute atomic E-state index is 11.7. The summed E-state index contributed by atoms with van der Waals surface area (Å²) in [6.45, 7) is 2.21. The van der Waals surface area contributed by atoms with E-state index in [-0.39, 0.29) is 18.0 Å². The van der Waals surface area contributed by atoms with Crippen LogP contribution in [0, 0.1) is 6.92 Å². The second-order valence-electron chi connectivity index (χ2n) is 4.03. The first-order valence-electron chi connectivity index (χ1n) is 5.61. The van der Waals surface area contributed by atoms with Crippen molar-refractivity contribution >= 4 is 5.91 Å². The van der Waals surface area contributed by atoms with Gasteiger partial charge >= 0.3 is 0 Å². The average molecular weight is 246 g/mol. The summed E-state index contributed by atoms with van der Waals surface area (Å²) < 4.78 is 6.48. The Bertz CT molecular complexity index is 585. The van der Waals surface area contributed by atoms with Gasteiger partial charge in [0.05, 0.1) is 12.8 Å². The van der Waals surface area contributed by atoms with Crippen molar-refractivity contribution in [1.29, 1.82) is 0 Å². The van der Waals surface area contributed by atoms with Crippen molar-refractivity contribution in [2.75, 3.05) is 0 Å². The van der Waals surface area contributed by atoms with E-state index in [1.54, 1.807) is 30.7 Å². The van der Waals surface area contributed by atoms with E-state index in [2.05, 4.69) is 5.32 Å². The second-order valence-corrected chi connectivity index (χ2v) is 4.03. The summed E-state index contributed by atoms with van der Waals surface area (Å²) >= 11 is 0. The zero-order valence-electron chi connectivity index (χ0n) is 10.1. The minimum atomic E-state index is -0.223. The van der Waals surface area contributed by atoms with Gasteiger partial charge in [-0.2, -0.15) is 0 Å². The van der Waals surface area contributed by atoms with Gasteiger partial charge in [0.15, 0.2) is 0 Å². The van der Waals surface area contributed by atoms with E-state index in [9.17, 15) is 9.59 Å². The van der Waals surface area contributed by atoms with Crippen molar-refractivity contribution in [2.45, 2.75) is 20.0 Å². The van der Waals surface area contributed by atoms with Gasteiger partial charge in [-0.15, -0.1) is 0 Å². The highest BCUT2D eigenvalue weighted by Crippen LogP contribution is 1.98. The molecule has 1 amide bonds. The molecule has 0 bridgehead atoms. The van der Waals surface area contributed by atoms with Gasteiger partial charge in [0.2, 0.25) is 5.91 Å². The van der Waals surface area contributed by atoms with Gasteiger partial charge in [0, 0.05) is 12.3 Å². The summed E-state index contributed by atoms with van der Waals surface area (Å²) in [6.07, 6.45) is 3.21. The topological polar surface area (TPSA) is 64.2 Å². The molecular weight excluding hydrogens is 232 g/mol. The van der Waals surface area contributed by atoms with Crippen molar-refractivity contribution in [2.24, 2.45) is 0 Å². The van der Waals surface area contributed by atoms with Crippen molar-refractivity contribution in [3.63, 3.8) is 0 Å². The molecule has 0 aliphatic heterocycles. The van der Waals surface area contributed by atoms with E-state index >= 15 is 0 Å². The lowest BCUT2D eigenvalue weighted by Gasteiger charge is -2.06. The molecule has 0 atom stereocenters. The zero-order chi connectivity index (χ0) is 13.0. The maximum Gasteiger partial charge on any atom is 0.251 e. The Hall–Kier alpha value is -2.30. The molecule has 0 aromatic carbocycles. The highest BCUT2D eigenvalue weighted by atomic mass is 16.3. The van der Waals surface area contributed by atoms with Gasteiger partial charge in [-0.25, -0.2) is 0 Å². The normalized spacial score (nSPS) is 10.3. The summed E-state index contributed by atoms with van der Waals surface area (Å²) in [6, 6.07) is 6.71. The molecule has 0 radical (unpaired) electrons. The number of furan rings is 1. The summed E-state index contributed by atoms with van der Waals surface area (Å²) in [7, 11) is 0. The highest BCUT2D eigenvalue weighted by Gasteiger charge is 2.05. The number of carbonyl (C=O) groups excluding carboxylic acids is 1. The summed E-state index contributed by atoms with van der Waals surface area (Å²) in [4.78, 5) is 23.2. The Balaban J connectivity index is 1.95. The number of aryl methyl sites for hydroxylation is 1. The first kappa shape index (κ1) is 12.2. The first-order chi connectivity index (χ1) is 8.65. The number of rotatable bonds is 4. The van der Waals surface area contributed by atoms with Gasteiger partial charge in [-0.3, -0.25) is 9.59 Å². The van der Waals surface area contributed by atoms with Crippen LogP contribution >= 0.6 is 0 Å². The monoisotopic (exact) mass is 246 g/mol. The number of pyridine rings is 1. The van der Waals surface area contributed by atoms with Gasteiger partial charge in [0.25, 0.3) is 5.56 Å². The number of nitrogens with one attached hydrogen (secondary N) is 1. The molecule has 5 heteroatoms. The largest absolute Gasteiger partial charge is 0.467 e. The molecule has 0 saturated carbocycles. The quantitative estimate of drug-likeness (QED) is 0.877. The SMILES string of the molecule is Cc1ccc(=O)n(CC(=O)NCc2ccco2)c1. The Morgan fingerprint density at radius 1 is 1.39 bits per heavy atom. The molecule has 0 spiro atoms. The number of hydrogen-bond acceptors (Lipinski definition) is 3. The molecule has 5 nitrogen and oxygen atoms in total. The van der Waals surface area contributed by atoms with E-state index in [0.717, 1.165) is 5.56 Å². The molecule has 0 fully saturated rings. The first-order valence-corrected chi connectivity index (χ1v) is 5.61. The minimum absolute atomic E-state index is 0.0151. The van der Waals surface area contributed by atoms with Gasteiger partial charge in [-0.1, -0.05) is 6.07 Å². The van der Waals surface area contributed by atoms with E-state index in [1.165, 1.54) is 10.6 Å². The maximum atomic E-state index is 11.7. The molecular formula is C13H14N2O3. The predicted molar refractivity (Wildman–Crippen MR) is 66.0 cm³/mol. The Morgan fingerprint density at radius 3 is 2.94 bits per heavy atom. The van der Waals surface area contributed by atoms with Crippen LogP contribution in [0.15, 0.2) is 45.9 Å². The molecule has 1 N–H and O–H groups in total. The third kappa shape index (κ3) is 3.10. The van der Waals surface area contributed by atoms with E-state index < -0.39 is 0 Å². The fourth-order valence-corrected chi connectivity index (χ4v) is 1.58. The molecule has 0 aliphatic rings. The third-order valence-electron chi connectivity index (χ3n) is 2.49. The van der Waals surface area contributed by atoms with Crippen LogP contribution in [0.3, 0.4) is 0 Å². The van der Waals surface area contributed by atoms with Crippen molar-refractivity contribution < 1.29 is 9.21 Å². The Labute approximate surface area is 104 Å². The molecule has 0 aliphatic carbocycles. The second kappa shape index (κ2) is 5.35. The van der Waals surface area contributed by atoms with Crippen LogP contribution in [0.25, 0.3) is 0 Å². The van der Waals surface area contributed by atoms with Gasteiger partial charge < -0.3 is 14.3 Å². The fraction of sp³-hybridized carbons (Fsp3) is 0.231. The number of carbonyl (C=O) groups is 1. The van der Waals surface area contributed by atoms with Gasteiger partial charge in [-0.05, 0) is 24.6 Å². The molecule has 0 unspecified atom stereocenters. The molecule has 94 valence electrons. The standard InChI is InChI=1S/C13H14N2O3/c1-10-4-5-13(17)15(8-10)9-12(16)14-7-11-3-2-6-18-11/h2-6,8H,7,9H2,1H3,(H,14,16). The van der Waals surface area contributed by atoms with E-state index in [4.69, 9.17) is 4.42 Å². The lowest BCUT2D eigenvalue weighted by Crippen LogP contribution is -2.31. The summed E-state index contributed by atoms with van der Waals surface area (Å²) in [5, 5.41) is 2.69. The van der Waals surface area contributed by atoms with Crippen molar-refractivity contribution in [1.82, 2.24) is 9.88 Å². The smallest absolute Gasteiger partial charge is 0.251 e. The van der Waals surface area contributed by atoms with Crippen LogP contribution < -0.4 is 10.9 Å². The molecule has 0 saturated heterocycles. The number of amides is 1. The molecule has 2 rings (SSSR count). The van der Waals surface area contributed by atoms with Crippen molar-refractivity contribution in [3.05, 3.63) is 58.4 Å². The Kier molecular flexibility index (Phi) is 3.62. The van der Waals surface area contributed by atoms with E-state index in [1.807, 2.05) is 6.92 Å². The highest BCUT2D eigenvalue weighted by molar-refractivity contribution is 5.75. The number of hydrogen-bond donors (Lipinski definition) is 1. The van der Waals surface area contributed by atoms with Crippen LogP contribution in [0.5, 0.6) is 0 Å². The van der Waals surface area contributed by atoms with Crippen LogP contribution in [0.1, 0.15) is 11.3 Å². The number of aromatic nitrogens is 1. The third-order valence-corrected chi connectivity index (χ3v) is 2.49. The Morgan fingerprint density at radius 2 is 2.22 bits per heavy atom. The van der Waals surface area contributed by atoms with Crippen molar-refractivity contribution in [3.8, 4) is 0 Å². The minimum Gasteiger partial charge on any atom is -0.467 e. The van der Waals surface area contributed by atoms with Crippen LogP contribution in [-0.4, -0.2) is 10.5 Å². The molecule has 18 heavy (non-hydrogen) atoms. The van der Waals surface area contributed by atoms with Crippen LogP contribution in [0.4, 0.5) is 0 Å². The molecule has 2 heterocycles. The van der Waals surface area contributed by atoms with Crippen LogP contribution in [0.2, 0.25) is 0 Å². The zero-order valence-corrected chi connectivity index (χ0v) is 10.1. The predicted octanol–water partition coefficient (Wildman–Crippen LogP) is 1.07. The molecule has 2 aromatic rings. The summed E-state index contributed by atoms with van der Waals surface area (Å²) in [5.41, 5.74) is 0.752. The van der Waals surface area contributed by atoms with E-state index in [0.29, 0.717) is 12.3 Å². The number of nitrogens with zero attached hydrogens (tertiary/aromatic N) is 1. The lowest BCUT2D eigenvalue weighted by atomic mass is 10.3. The average Bonchev–Trinajstić information content (AvgIpc) is 2.84. The van der Waals surface area contributed by atoms with Gasteiger partial charge in [0.1, 0.15) is 12.3 Å². The molecule has 2 aromatic heterocycles. The lowest BCUT2D eigenvalue weighted by molar-refractivity contribution is -0.121. The van der Waals surface area contributed by atoms with Crippen LogP contribution in [-0.2, 0) is 17.9 Å². The summed E-state index contributed by atoms with van der Waals surface area (Å²) in [5.74, 6) is 0.457. The fourth-order valence-electron chi connectivity index (χ4n) is 1.58.